The van der Waals surface area contributed by atoms with Gasteiger partial charge in [0.25, 0.3) is 0 Å². The van der Waals surface area contributed by atoms with Crippen molar-refractivity contribution in [3.8, 4) is 0 Å². The molecule has 0 N–H and O–H groups in total. The average Bonchev–Trinajstić information content (AvgIpc) is 2.33. The van der Waals surface area contributed by atoms with Gasteiger partial charge in [0.2, 0.25) is 0 Å². The van der Waals surface area contributed by atoms with E-state index in [1.165, 1.54) is 0 Å². The minimum atomic E-state index is 0. The first kappa shape index (κ1) is 14.2. The molecular formula is C14H12LiOP. The molecule has 2 rings (SSSR count). The van der Waals surface area contributed by atoms with Crippen molar-refractivity contribution in [3.63, 3.8) is 0 Å². The van der Waals surface area contributed by atoms with Gasteiger partial charge in [-0.25, -0.2) is 0 Å². The summed E-state index contributed by atoms with van der Waals surface area (Å²) < 4.78 is 0. The van der Waals surface area contributed by atoms with Crippen molar-refractivity contribution in [2.45, 2.75) is 6.92 Å². The summed E-state index contributed by atoms with van der Waals surface area (Å²) in [7, 11) is 0.750. The Bertz CT molecular complexity index is 497. The second-order valence-corrected chi connectivity index (χ2v) is 4.68. The fourth-order valence-corrected chi connectivity index (χ4v) is 2.35. The summed E-state index contributed by atoms with van der Waals surface area (Å²) in [6.45, 7) is 2.03. The van der Waals surface area contributed by atoms with E-state index in [-0.39, 0.29) is 24.4 Å². The zero-order valence-corrected chi connectivity index (χ0v) is 10.9. The van der Waals surface area contributed by atoms with Gasteiger partial charge >= 0.3 is 18.9 Å². The van der Waals surface area contributed by atoms with E-state index < -0.39 is 0 Å². The Hall–Kier alpha value is -0.863. The van der Waals surface area contributed by atoms with E-state index in [0.29, 0.717) is 0 Å². The summed E-state index contributed by atoms with van der Waals surface area (Å²) in [4.78, 5) is 12.0. The van der Waals surface area contributed by atoms with Crippen molar-refractivity contribution in [2.75, 3.05) is 0 Å². The van der Waals surface area contributed by atoms with Crippen molar-refractivity contribution in [2.24, 2.45) is 0 Å². The summed E-state index contributed by atoms with van der Waals surface area (Å²) in [5.74, 6) is 0. The predicted molar refractivity (Wildman–Crippen MR) is 68.5 cm³/mol. The molecule has 0 heterocycles. The molecule has 0 atom stereocenters. The van der Waals surface area contributed by atoms with Crippen LogP contribution >= 0.6 is 8.58 Å². The summed E-state index contributed by atoms with van der Waals surface area (Å²) in [5.41, 5.74) is 2.08. The van der Waals surface area contributed by atoms with Crippen molar-refractivity contribution < 1.29 is 23.7 Å². The predicted octanol–water partition coefficient (Wildman–Crippen LogP) is 0.411. The first-order valence-electron chi connectivity index (χ1n) is 5.14. The van der Waals surface area contributed by atoms with E-state index in [4.69, 9.17) is 0 Å². The smallest absolute Gasteiger partial charge is 0.426 e. The van der Waals surface area contributed by atoms with E-state index in [0.717, 1.165) is 25.0 Å². The zero-order chi connectivity index (χ0) is 11.4. The van der Waals surface area contributed by atoms with Gasteiger partial charge in [-0.2, -0.15) is 5.30 Å². The molecule has 80 valence electrons. The molecule has 0 bridgehead atoms. The second-order valence-electron chi connectivity index (χ2n) is 3.57. The van der Waals surface area contributed by atoms with Crippen LogP contribution in [0.25, 0.3) is 0 Å². The fourth-order valence-electron chi connectivity index (χ4n) is 1.44. The van der Waals surface area contributed by atoms with Gasteiger partial charge in [0, 0.05) is 5.52 Å². The third kappa shape index (κ3) is 3.82. The molecule has 0 aliphatic carbocycles. The third-order valence-electron chi connectivity index (χ3n) is 2.36. The molecule has 0 aliphatic heterocycles. The van der Waals surface area contributed by atoms with Crippen molar-refractivity contribution in [1.29, 1.82) is 0 Å². The van der Waals surface area contributed by atoms with Gasteiger partial charge in [-0.1, -0.05) is 60.2 Å². The standard InChI is InChI=1S/C14H12OP.Li/c1-11-7-5-6-10-13(11)16-14(15)12-8-3-2-4-9-12;/h2-10H,1H3;/q-1;+1. The SMILES string of the molecule is Cc1ccccc1[P-]C(=O)c1ccccc1.[Li+]. The van der Waals surface area contributed by atoms with Gasteiger partial charge in [-0.15, -0.1) is 0 Å². The maximum atomic E-state index is 12.0. The summed E-state index contributed by atoms with van der Waals surface area (Å²) in [6.07, 6.45) is 0. The summed E-state index contributed by atoms with van der Waals surface area (Å²) in [5, 5.41) is 1.08. The second kappa shape index (κ2) is 6.77. The quantitative estimate of drug-likeness (QED) is 0.555. The molecule has 3 heteroatoms. The number of hydrogen-bond donors (Lipinski definition) is 0. The number of rotatable bonds is 3. The average molecular weight is 234 g/mol. The molecule has 2 aromatic carbocycles. The van der Waals surface area contributed by atoms with Crippen molar-refractivity contribution in [3.05, 3.63) is 65.7 Å². The molecule has 0 saturated heterocycles. The number of aryl methyl sites for hydroxylation is 1. The van der Waals surface area contributed by atoms with Crippen LogP contribution in [0, 0.1) is 6.92 Å². The van der Waals surface area contributed by atoms with E-state index in [2.05, 4.69) is 0 Å². The van der Waals surface area contributed by atoms with Crippen LogP contribution in [0.5, 0.6) is 0 Å². The minimum Gasteiger partial charge on any atom is -0.426 e. The first-order valence-corrected chi connectivity index (χ1v) is 6.03. The Morgan fingerprint density at radius 2 is 1.53 bits per heavy atom. The van der Waals surface area contributed by atoms with Gasteiger partial charge in [-0.3, -0.25) is 0 Å². The van der Waals surface area contributed by atoms with Crippen LogP contribution in [-0.4, -0.2) is 5.52 Å². The normalized spacial score (nSPS) is 10.2. The molecule has 0 saturated carbocycles. The minimum absolute atomic E-state index is 0. The maximum absolute atomic E-state index is 12.0. The van der Waals surface area contributed by atoms with Crippen LogP contribution < -0.4 is 24.2 Å². The van der Waals surface area contributed by atoms with Gasteiger partial charge in [0.1, 0.15) is 0 Å². The van der Waals surface area contributed by atoms with E-state index >= 15 is 0 Å². The first-order chi connectivity index (χ1) is 7.77. The van der Waals surface area contributed by atoms with Gasteiger partial charge < -0.3 is 13.4 Å². The van der Waals surface area contributed by atoms with E-state index in [1.807, 2.05) is 61.5 Å². The Kier molecular flexibility index (Phi) is 5.66. The number of carbonyl (C=O) groups is 1. The summed E-state index contributed by atoms with van der Waals surface area (Å²) in [6, 6.07) is 17.4. The Morgan fingerprint density at radius 3 is 2.18 bits per heavy atom. The molecule has 2 aromatic rings. The van der Waals surface area contributed by atoms with Crippen molar-refractivity contribution in [1.82, 2.24) is 0 Å². The maximum Gasteiger partial charge on any atom is 1.00 e. The van der Waals surface area contributed by atoms with Crippen LogP contribution in [0.2, 0.25) is 0 Å². The van der Waals surface area contributed by atoms with Gasteiger partial charge in [0.15, 0.2) is 0 Å². The van der Waals surface area contributed by atoms with E-state index in [1.54, 1.807) is 0 Å². The Morgan fingerprint density at radius 1 is 0.941 bits per heavy atom. The van der Waals surface area contributed by atoms with Crippen molar-refractivity contribution >= 4 is 19.4 Å². The van der Waals surface area contributed by atoms with Gasteiger partial charge in [0.05, 0.1) is 0 Å². The molecule has 0 amide bonds. The number of benzene rings is 2. The van der Waals surface area contributed by atoms with Crippen LogP contribution in [0.15, 0.2) is 54.6 Å². The molecular weight excluding hydrogens is 222 g/mol. The molecule has 0 unspecified atom stereocenters. The molecule has 0 radical (unpaired) electrons. The zero-order valence-electron chi connectivity index (χ0n) is 10.1. The topological polar surface area (TPSA) is 17.1 Å². The fraction of sp³-hybridized carbons (Fsp3) is 0.0714. The number of carbonyl (C=O) groups excluding carboxylic acids is 1. The number of hydrogen-bond acceptors (Lipinski definition) is 1. The monoisotopic (exact) mass is 234 g/mol. The molecule has 17 heavy (non-hydrogen) atoms. The third-order valence-corrected chi connectivity index (χ3v) is 3.56. The summed E-state index contributed by atoms with van der Waals surface area (Å²) >= 11 is 0. The molecule has 0 aromatic heterocycles. The van der Waals surface area contributed by atoms with Crippen LogP contribution in [0.3, 0.4) is 0 Å². The van der Waals surface area contributed by atoms with Gasteiger partial charge in [-0.05, 0) is 12.5 Å². The molecule has 0 aliphatic rings. The van der Waals surface area contributed by atoms with Crippen LogP contribution in [0.4, 0.5) is 0 Å². The van der Waals surface area contributed by atoms with Crippen LogP contribution in [-0.2, 0) is 0 Å². The Balaban J connectivity index is 0.00000144. The molecule has 1 nitrogen and oxygen atoms in total. The van der Waals surface area contributed by atoms with Crippen LogP contribution in [0.1, 0.15) is 15.9 Å². The van der Waals surface area contributed by atoms with E-state index in [9.17, 15) is 4.79 Å². The largest absolute Gasteiger partial charge is 1.00 e. The molecule has 0 spiro atoms. The Labute approximate surface area is 116 Å². The molecule has 0 fully saturated rings.